The van der Waals surface area contributed by atoms with Crippen LogP contribution in [0.3, 0.4) is 0 Å². The van der Waals surface area contributed by atoms with Crippen molar-refractivity contribution in [2.24, 2.45) is 0 Å². The maximum Gasteiger partial charge on any atom is 0.255 e. The topological polar surface area (TPSA) is 67.9 Å². The number of nitrogens with one attached hydrogen (secondary N) is 1. The predicted molar refractivity (Wildman–Crippen MR) is 93.8 cm³/mol. The van der Waals surface area contributed by atoms with Gasteiger partial charge in [-0.15, -0.1) is 0 Å². The Bertz CT molecular complexity index is 741. The van der Waals surface area contributed by atoms with E-state index in [1.807, 2.05) is 39.8 Å². The van der Waals surface area contributed by atoms with Crippen LogP contribution < -0.4 is 5.32 Å². The van der Waals surface area contributed by atoms with Crippen molar-refractivity contribution in [2.75, 3.05) is 32.8 Å². The lowest BCUT2D eigenvalue weighted by atomic mass is 10.1. The number of carbonyl (C=O) groups excluding carboxylic acids is 1. The zero-order valence-corrected chi connectivity index (χ0v) is 15.3. The van der Waals surface area contributed by atoms with Gasteiger partial charge in [0.05, 0.1) is 24.8 Å². The van der Waals surface area contributed by atoms with Gasteiger partial charge in [0.15, 0.2) is 0 Å². The highest BCUT2D eigenvalue weighted by atomic mass is 16.5. The molecule has 25 heavy (non-hydrogen) atoms. The number of furan rings is 2. The second-order valence-corrected chi connectivity index (χ2v) is 6.54. The second-order valence-electron chi connectivity index (χ2n) is 6.54. The van der Waals surface area contributed by atoms with Gasteiger partial charge in [-0.25, -0.2) is 0 Å². The molecule has 2 aromatic heterocycles. The van der Waals surface area contributed by atoms with Crippen LogP contribution in [0.5, 0.6) is 0 Å². The first-order valence-corrected chi connectivity index (χ1v) is 8.70. The molecule has 1 fully saturated rings. The first kappa shape index (κ1) is 17.8. The quantitative estimate of drug-likeness (QED) is 0.902. The van der Waals surface area contributed by atoms with Crippen molar-refractivity contribution in [3.63, 3.8) is 0 Å². The Balaban J connectivity index is 1.75. The van der Waals surface area contributed by atoms with E-state index < -0.39 is 0 Å². The maximum absolute atomic E-state index is 12.7. The molecule has 1 saturated heterocycles. The fraction of sp³-hybridized carbons (Fsp3) is 0.526. The van der Waals surface area contributed by atoms with E-state index in [1.54, 1.807) is 0 Å². The van der Waals surface area contributed by atoms with Crippen LogP contribution in [-0.2, 0) is 4.74 Å². The fourth-order valence-electron chi connectivity index (χ4n) is 3.34. The summed E-state index contributed by atoms with van der Waals surface area (Å²) in [7, 11) is 0. The first-order chi connectivity index (χ1) is 12.0. The Kier molecular flexibility index (Phi) is 5.30. The fourth-order valence-corrected chi connectivity index (χ4v) is 3.34. The molecule has 0 saturated carbocycles. The standard InChI is InChI=1S/C19H26N2O4/c1-12-5-6-17(24-12)16(21-7-9-23-10-8-21)11-20-19(22)18-13(2)14(3)25-15(18)4/h5-6,16H,7-11H2,1-4H3,(H,20,22)/t16-/m0/s1. The van der Waals surface area contributed by atoms with Crippen molar-refractivity contribution >= 4 is 5.91 Å². The predicted octanol–water partition coefficient (Wildman–Crippen LogP) is 2.91. The molecule has 2 aromatic rings. The smallest absolute Gasteiger partial charge is 0.255 e. The van der Waals surface area contributed by atoms with E-state index >= 15 is 0 Å². The Hall–Kier alpha value is -2.05. The van der Waals surface area contributed by atoms with Crippen molar-refractivity contribution in [1.82, 2.24) is 10.2 Å². The third kappa shape index (κ3) is 3.80. The summed E-state index contributed by atoms with van der Waals surface area (Å²) >= 11 is 0. The summed E-state index contributed by atoms with van der Waals surface area (Å²) in [6.07, 6.45) is 0. The molecule has 3 heterocycles. The summed E-state index contributed by atoms with van der Waals surface area (Å²) in [4.78, 5) is 15.0. The van der Waals surface area contributed by atoms with Crippen LogP contribution in [0.2, 0.25) is 0 Å². The number of rotatable bonds is 5. The van der Waals surface area contributed by atoms with Gasteiger partial charge in [0.1, 0.15) is 23.0 Å². The highest BCUT2D eigenvalue weighted by Gasteiger charge is 2.27. The number of carbonyl (C=O) groups is 1. The molecule has 1 atom stereocenters. The lowest BCUT2D eigenvalue weighted by molar-refractivity contribution is 0.0117. The number of amides is 1. The summed E-state index contributed by atoms with van der Waals surface area (Å²) in [5.41, 5.74) is 1.53. The highest BCUT2D eigenvalue weighted by molar-refractivity contribution is 5.96. The Morgan fingerprint density at radius 1 is 1.12 bits per heavy atom. The average Bonchev–Trinajstić information content (AvgIpc) is 3.12. The van der Waals surface area contributed by atoms with E-state index in [0.29, 0.717) is 31.1 Å². The largest absolute Gasteiger partial charge is 0.466 e. The number of morpholine rings is 1. The normalized spacial score (nSPS) is 16.8. The molecule has 6 heteroatoms. The molecule has 1 amide bonds. The maximum atomic E-state index is 12.7. The SMILES string of the molecule is Cc1ccc([C@H](CNC(=O)c2c(C)oc(C)c2C)N2CCOCC2)o1. The van der Waals surface area contributed by atoms with Crippen LogP contribution in [0.15, 0.2) is 21.0 Å². The summed E-state index contributed by atoms with van der Waals surface area (Å²) in [6, 6.07) is 3.94. The van der Waals surface area contributed by atoms with Gasteiger partial charge in [-0.3, -0.25) is 9.69 Å². The third-order valence-electron chi connectivity index (χ3n) is 4.82. The molecule has 0 radical (unpaired) electrons. The zero-order valence-electron chi connectivity index (χ0n) is 15.3. The molecule has 0 aromatic carbocycles. The zero-order chi connectivity index (χ0) is 18.0. The number of aryl methyl sites for hydroxylation is 3. The van der Waals surface area contributed by atoms with Crippen LogP contribution in [0.1, 0.15) is 45.0 Å². The molecule has 0 spiro atoms. The minimum absolute atomic E-state index is 0.00448. The highest BCUT2D eigenvalue weighted by Crippen LogP contribution is 2.24. The molecule has 0 unspecified atom stereocenters. The second kappa shape index (κ2) is 7.45. The van der Waals surface area contributed by atoms with Crippen LogP contribution in [0, 0.1) is 27.7 Å². The van der Waals surface area contributed by atoms with E-state index in [4.69, 9.17) is 13.6 Å². The molecule has 6 nitrogen and oxygen atoms in total. The molecule has 1 aliphatic heterocycles. The van der Waals surface area contributed by atoms with E-state index in [9.17, 15) is 4.79 Å². The van der Waals surface area contributed by atoms with Crippen LogP contribution >= 0.6 is 0 Å². The van der Waals surface area contributed by atoms with Gasteiger partial charge >= 0.3 is 0 Å². The van der Waals surface area contributed by atoms with Gasteiger partial charge in [0.25, 0.3) is 5.91 Å². The van der Waals surface area contributed by atoms with Crippen molar-refractivity contribution in [3.8, 4) is 0 Å². The molecule has 0 bridgehead atoms. The number of hydrogen-bond acceptors (Lipinski definition) is 5. The van der Waals surface area contributed by atoms with Crippen molar-refractivity contribution < 1.29 is 18.4 Å². The minimum Gasteiger partial charge on any atom is -0.466 e. The Morgan fingerprint density at radius 3 is 2.40 bits per heavy atom. The van der Waals surface area contributed by atoms with Gasteiger partial charge in [-0.1, -0.05) is 0 Å². The lowest BCUT2D eigenvalue weighted by Crippen LogP contribution is -2.43. The van der Waals surface area contributed by atoms with Crippen LogP contribution in [0.4, 0.5) is 0 Å². The molecular weight excluding hydrogens is 320 g/mol. The van der Waals surface area contributed by atoms with Crippen LogP contribution in [-0.4, -0.2) is 43.7 Å². The van der Waals surface area contributed by atoms with E-state index in [-0.39, 0.29) is 11.9 Å². The van der Waals surface area contributed by atoms with E-state index in [2.05, 4.69) is 10.2 Å². The van der Waals surface area contributed by atoms with Crippen LogP contribution in [0.25, 0.3) is 0 Å². The number of ether oxygens (including phenoxy) is 1. The first-order valence-electron chi connectivity index (χ1n) is 8.70. The van der Waals surface area contributed by atoms with Gasteiger partial charge in [-0.2, -0.15) is 0 Å². The molecule has 0 aliphatic carbocycles. The van der Waals surface area contributed by atoms with E-state index in [0.717, 1.165) is 35.9 Å². The van der Waals surface area contributed by atoms with Gasteiger partial charge in [0, 0.05) is 25.2 Å². The van der Waals surface area contributed by atoms with E-state index in [1.165, 1.54) is 0 Å². The van der Waals surface area contributed by atoms with Crippen molar-refractivity contribution in [2.45, 2.75) is 33.7 Å². The summed E-state index contributed by atoms with van der Waals surface area (Å²) in [5.74, 6) is 3.08. The van der Waals surface area contributed by atoms with Gasteiger partial charge in [0.2, 0.25) is 0 Å². The Labute approximate surface area is 148 Å². The summed E-state index contributed by atoms with van der Waals surface area (Å²) < 4.78 is 16.9. The average molecular weight is 346 g/mol. The van der Waals surface area contributed by atoms with Gasteiger partial charge < -0.3 is 18.9 Å². The molecule has 136 valence electrons. The number of hydrogen-bond donors (Lipinski definition) is 1. The van der Waals surface area contributed by atoms with Crippen molar-refractivity contribution in [3.05, 3.63) is 46.3 Å². The summed E-state index contributed by atoms with van der Waals surface area (Å²) in [5, 5.41) is 3.06. The summed E-state index contributed by atoms with van der Waals surface area (Å²) in [6.45, 7) is 11.1. The van der Waals surface area contributed by atoms with Crippen molar-refractivity contribution in [1.29, 1.82) is 0 Å². The monoisotopic (exact) mass is 346 g/mol. The molecule has 1 aliphatic rings. The minimum atomic E-state index is -0.103. The number of nitrogens with zero attached hydrogens (tertiary/aromatic N) is 1. The Morgan fingerprint density at radius 2 is 1.84 bits per heavy atom. The lowest BCUT2D eigenvalue weighted by Gasteiger charge is -2.33. The molecule has 3 rings (SSSR count). The molecular formula is C19H26N2O4. The third-order valence-corrected chi connectivity index (χ3v) is 4.82. The molecule has 1 N–H and O–H groups in total. The van der Waals surface area contributed by atoms with Gasteiger partial charge in [-0.05, 0) is 39.8 Å².